The smallest absolute Gasteiger partial charge is 0.394 e. The molecule has 0 aliphatic carbocycles. The molecule has 2 rings (SSSR count). The van der Waals surface area contributed by atoms with Crippen LogP contribution < -0.4 is 5.32 Å². The summed E-state index contributed by atoms with van der Waals surface area (Å²) in [5.41, 5.74) is 2.05. The number of hydrogen-bond donors (Lipinski definition) is 2. The number of carboxylic acid groups (broad SMARTS) is 1. The first-order chi connectivity index (χ1) is 11.9. The van der Waals surface area contributed by atoms with Crippen molar-refractivity contribution in [2.45, 2.75) is 32.2 Å². The molecule has 0 unspecified atom stereocenters. The molecule has 0 bridgehead atoms. The van der Waals surface area contributed by atoms with Gasteiger partial charge in [-0.05, 0) is 42.2 Å². The van der Waals surface area contributed by atoms with Crippen LogP contribution in [0, 0.1) is 5.82 Å². The van der Waals surface area contributed by atoms with Gasteiger partial charge in [-0.2, -0.15) is 0 Å². The van der Waals surface area contributed by atoms with E-state index in [1.807, 2.05) is 19.1 Å². The molecule has 0 saturated carbocycles. The molecular weight excluding hydrogens is 345 g/mol. The van der Waals surface area contributed by atoms with Crippen molar-refractivity contribution in [2.24, 2.45) is 0 Å². The SMILES string of the molecule is CCC[C@@H](Cc1ccc(-c2cc(Cl)ccc2F)cc1)NC(=O)C(=O)O. The maximum Gasteiger partial charge on any atom is 0.394 e. The topological polar surface area (TPSA) is 66.4 Å². The van der Waals surface area contributed by atoms with E-state index in [9.17, 15) is 14.0 Å². The molecule has 0 radical (unpaired) electrons. The number of nitrogens with one attached hydrogen (secondary N) is 1. The zero-order chi connectivity index (χ0) is 18.4. The highest BCUT2D eigenvalue weighted by molar-refractivity contribution is 6.31. The van der Waals surface area contributed by atoms with E-state index in [-0.39, 0.29) is 11.9 Å². The van der Waals surface area contributed by atoms with E-state index in [4.69, 9.17) is 16.7 Å². The first-order valence-electron chi connectivity index (χ1n) is 7.99. The molecule has 0 aromatic heterocycles. The van der Waals surface area contributed by atoms with Crippen molar-refractivity contribution in [1.82, 2.24) is 5.32 Å². The number of benzene rings is 2. The van der Waals surface area contributed by atoms with Crippen molar-refractivity contribution >= 4 is 23.5 Å². The predicted octanol–water partition coefficient (Wildman–Crippen LogP) is 4.06. The molecule has 0 saturated heterocycles. The average molecular weight is 364 g/mol. The molecule has 2 N–H and O–H groups in total. The van der Waals surface area contributed by atoms with E-state index in [0.717, 1.165) is 12.0 Å². The first kappa shape index (κ1) is 18.9. The number of hydrogen-bond acceptors (Lipinski definition) is 2. The van der Waals surface area contributed by atoms with Crippen LogP contribution in [0.5, 0.6) is 0 Å². The Kier molecular flexibility index (Phi) is 6.53. The van der Waals surface area contributed by atoms with Crippen molar-refractivity contribution in [3.8, 4) is 11.1 Å². The summed E-state index contributed by atoms with van der Waals surface area (Å²) in [5, 5.41) is 11.7. The minimum atomic E-state index is -1.49. The third kappa shape index (κ3) is 5.29. The Morgan fingerprint density at radius 3 is 2.48 bits per heavy atom. The Bertz CT molecular complexity index is 762. The second-order valence-electron chi connectivity index (χ2n) is 5.79. The number of carbonyl (C=O) groups is 2. The molecule has 0 heterocycles. The molecule has 6 heteroatoms. The van der Waals surface area contributed by atoms with E-state index in [1.165, 1.54) is 12.1 Å². The summed E-state index contributed by atoms with van der Waals surface area (Å²) in [6.07, 6.45) is 1.99. The van der Waals surface area contributed by atoms with Crippen LogP contribution in [0.15, 0.2) is 42.5 Å². The quantitative estimate of drug-likeness (QED) is 0.760. The van der Waals surface area contributed by atoms with Crippen molar-refractivity contribution in [2.75, 3.05) is 0 Å². The van der Waals surface area contributed by atoms with E-state index in [1.54, 1.807) is 18.2 Å². The average Bonchev–Trinajstić information content (AvgIpc) is 2.58. The molecular formula is C19H19ClFNO3. The van der Waals surface area contributed by atoms with Crippen LogP contribution in [-0.4, -0.2) is 23.0 Å². The highest BCUT2D eigenvalue weighted by atomic mass is 35.5. The second kappa shape index (κ2) is 8.62. The van der Waals surface area contributed by atoms with Crippen molar-refractivity contribution in [1.29, 1.82) is 0 Å². The summed E-state index contributed by atoms with van der Waals surface area (Å²) in [7, 11) is 0. The molecule has 0 spiro atoms. The Labute approximate surface area is 150 Å². The summed E-state index contributed by atoms with van der Waals surface area (Å²) < 4.78 is 13.9. The number of halogens is 2. The number of amides is 1. The van der Waals surface area contributed by atoms with Gasteiger partial charge in [-0.3, -0.25) is 4.79 Å². The van der Waals surface area contributed by atoms with Gasteiger partial charge in [0.2, 0.25) is 0 Å². The fourth-order valence-corrected chi connectivity index (χ4v) is 2.82. The monoisotopic (exact) mass is 363 g/mol. The maximum atomic E-state index is 13.9. The number of carboxylic acids is 1. The van der Waals surface area contributed by atoms with Crippen LogP contribution in [0.1, 0.15) is 25.3 Å². The molecule has 1 amide bonds. The van der Waals surface area contributed by atoms with Gasteiger partial charge in [0, 0.05) is 16.6 Å². The Hall–Kier alpha value is -2.40. The molecule has 2 aromatic rings. The van der Waals surface area contributed by atoms with E-state index >= 15 is 0 Å². The van der Waals surface area contributed by atoms with Gasteiger partial charge in [0.1, 0.15) is 5.82 Å². The molecule has 0 aliphatic rings. The number of rotatable bonds is 6. The summed E-state index contributed by atoms with van der Waals surface area (Å²) in [6.45, 7) is 1.96. The third-order valence-corrected chi connectivity index (χ3v) is 4.08. The van der Waals surface area contributed by atoms with Gasteiger partial charge in [0.05, 0.1) is 0 Å². The van der Waals surface area contributed by atoms with Crippen LogP contribution in [0.2, 0.25) is 5.02 Å². The standard InChI is InChI=1S/C19H19ClFNO3/c1-2-3-15(22-18(23)19(24)25)10-12-4-6-13(7-5-12)16-11-14(20)8-9-17(16)21/h4-9,11,15H,2-3,10H2,1H3,(H,22,23)(H,24,25)/t15-/m0/s1. The molecule has 132 valence electrons. The largest absolute Gasteiger partial charge is 0.474 e. The van der Waals surface area contributed by atoms with Crippen LogP contribution in [0.4, 0.5) is 4.39 Å². The van der Waals surface area contributed by atoms with Crippen LogP contribution in [0.3, 0.4) is 0 Å². The van der Waals surface area contributed by atoms with E-state index in [0.29, 0.717) is 29.0 Å². The molecule has 0 aliphatic heterocycles. The first-order valence-corrected chi connectivity index (χ1v) is 8.36. The summed E-state index contributed by atoms with van der Waals surface area (Å²) in [4.78, 5) is 22.1. The lowest BCUT2D eigenvalue weighted by Crippen LogP contribution is -2.40. The number of carbonyl (C=O) groups excluding carboxylic acids is 1. The normalized spacial score (nSPS) is 11.8. The van der Waals surface area contributed by atoms with Crippen molar-refractivity contribution in [3.63, 3.8) is 0 Å². The van der Waals surface area contributed by atoms with Crippen LogP contribution >= 0.6 is 11.6 Å². The van der Waals surface area contributed by atoms with Gasteiger partial charge in [-0.15, -0.1) is 0 Å². The van der Waals surface area contributed by atoms with Gasteiger partial charge in [0.25, 0.3) is 0 Å². The Balaban J connectivity index is 2.13. The second-order valence-corrected chi connectivity index (χ2v) is 6.23. The lowest BCUT2D eigenvalue weighted by molar-refractivity contribution is -0.150. The third-order valence-electron chi connectivity index (χ3n) is 3.84. The molecule has 0 fully saturated rings. The zero-order valence-electron chi connectivity index (χ0n) is 13.8. The van der Waals surface area contributed by atoms with E-state index in [2.05, 4.69) is 5.32 Å². The molecule has 2 aromatic carbocycles. The number of aliphatic carboxylic acids is 1. The Morgan fingerprint density at radius 2 is 1.88 bits per heavy atom. The van der Waals surface area contributed by atoms with Gasteiger partial charge >= 0.3 is 11.9 Å². The zero-order valence-corrected chi connectivity index (χ0v) is 14.5. The van der Waals surface area contributed by atoms with Crippen LogP contribution in [0.25, 0.3) is 11.1 Å². The van der Waals surface area contributed by atoms with Crippen LogP contribution in [-0.2, 0) is 16.0 Å². The van der Waals surface area contributed by atoms with Gasteiger partial charge in [-0.1, -0.05) is 49.2 Å². The van der Waals surface area contributed by atoms with Crippen molar-refractivity contribution < 1.29 is 19.1 Å². The molecule has 4 nitrogen and oxygen atoms in total. The van der Waals surface area contributed by atoms with Gasteiger partial charge in [0.15, 0.2) is 0 Å². The minimum Gasteiger partial charge on any atom is -0.474 e. The summed E-state index contributed by atoms with van der Waals surface area (Å²) >= 11 is 5.92. The van der Waals surface area contributed by atoms with Crippen molar-refractivity contribution in [3.05, 3.63) is 58.9 Å². The summed E-state index contributed by atoms with van der Waals surface area (Å²) in [6, 6.07) is 11.4. The highest BCUT2D eigenvalue weighted by Crippen LogP contribution is 2.26. The highest BCUT2D eigenvalue weighted by Gasteiger charge is 2.17. The molecule has 25 heavy (non-hydrogen) atoms. The van der Waals surface area contributed by atoms with Gasteiger partial charge < -0.3 is 10.4 Å². The lowest BCUT2D eigenvalue weighted by Gasteiger charge is -2.17. The fourth-order valence-electron chi connectivity index (χ4n) is 2.64. The predicted molar refractivity (Wildman–Crippen MR) is 95.0 cm³/mol. The Morgan fingerprint density at radius 1 is 1.20 bits per heavy atom. The van der Waals surface area contributed by atoms with E-state index < -0.39 is 11.9 Å². The molecule has 1 atom stereocenters. The van der Waals surface area contributed by atoms with Gasteiger partial charge in [-0.25, -0.2) is 9.18 Å². The minimum absolute atomic E-state index is 0.262. The maximum absolute atomic E-state index is 13.9. The summed E-state index contributed by atoms with van der Waals surface area (Å²) in [5.74, 6) is -2.85. The fraction of sp³-hybridized carbons (Fsp3) is 0.263. The lowest BCUT2D eigenvalue weighted by atomic mass is 9.98.